The molecule has 0 fully saturated rings. The summed E-state index contributed by atoms with van der Waals surface area (Å²) in [4.78, 5) is 0. The van der Waals surface area contributed by atoms with E-state index in [-0.39, 0.29) is 5.41 Å². The highest BCUT2D eigenvalue weighted by molar-refractivity contribution is 5.30. The van der Waals surface area contributed by atoms with Gasteiger partial charge in [0.25, 0.3) is 0 Å². The van der Waals surface area contributed by atoms with E-state index in [1.807, 2.05) is 0 Å². The summed E-state index contributed by atoms with van der Waals surface area (Å²) in [5.74, 6) is 0. The van der Waals surface area contributed by atoms with Crippen LogP contribution in [-0.4, -0.2) is 4.57 Å². The summed E-state index contributed by atoms with van der Waals surface area (Å²) in [7, 11) is 0. The molecule has 0 N–H and O–H groups in total. The van der Waals surface area contributed by atoms with Gasteiger partial charge in [-0.15, -0.1) is 0 Å². The molecule has 1 heterocycles. The van der Waals surface area contributed by atoms with Crippen molar-refractivity contribution in [2.45, 2.75) is 116 Å². The van der Waals surface area contributed by atoms with Crippen LogP contribution in [0.15, 0.2) is 79.4 Å². The highest BCUT2D eigenvalue weighted by Gasteiger charge is 2.39. The molecule has 0 aliphatic carbocycles. The number of aromatic nitrogens is 2. The van der Waals surface area contributed by atoms with Gasteiger partial charge in [-0.2, -0.15) is 0 Å². The SMILES string of the molecule is CCCCCCCCCCC[n+]1ccn(C(CCC)C(C)(Cc2ccccc2)c2ccccc2)c1. The molecular formula is C33H49N2+. The maximum atomic E-state index is 2.51. The predicted molar refractivity (Wildman–Crippen MR) is 150 cm³/mol. The van der Waals surface area contributed by atoms with E-state index in [9.17, 15) is 0 Å². The summed E-state index contributed by atoms with van der Waals surface area (Å²) in [6.45, 7) is 8.21. The van der Waals surface area contributed by atoms with Crippen molar-refractivity contribution in [3.8, 4) is 0 Å². The molecule has 0 amide bonds. The standard InChI is InChI=1S/C33H49N2/c1-4-6-7-8-9-10-11-12-19-25-34-26-27-35(29-34)32(20-5-2)33(3,31-23-17-14-18-24-31)28-30-21-15-13-16-22-30/h13-18,21-24,26-27,29,32H,4-12,19-20,25,28H2,1-3H3/q+1. The number of aryl methyl sites for hydroxylation is 1. The third-order valence-electron chi connectivity index (χ3n) is 7.74. The Morgan fingerprint density at radius 1 is 0.743 bits per heavy atom. The lowest BCUT2D eigenvalue weighted by molar-refractivity contribution is -0.697. The maximum Gasteiger partial charge on any atom is 0.244 e. The first kappa shape index (κ1) is 27.2. The molecule has 3 rings (SSSR count). The molecule has 2 heteroatoms. The van der Waals surface area contributed by atoms with E-state index < -0.39 is 0 Å². The molecular weight excluding hydrogens is 424 g/mol. The van der Waals surface area contributed by atoms with Crippen LogP contribution in [0, 0.1) is 0 Å². The number of rotatable bonds is 17. The van der Waals surface area contributed by atoms with Crippen LogP contribution in [-0.2, 0) is 18.4 Å². The average molecular weight is 474 g/mol. The van der Waals surface area contributed by atoms with Crippen LogP contribution in [0.1, 0.15) is 109 Å². The molecule has 0 aliphatic heterocycles. The largest absolute Gasteiger partial charge is 0.244 e. The fraction of sp³-hybridized carbons (Fsp3) is 0.545. The number of unbranched alkanes of at least 4 members (excludes halogenated alkanes) is 8. The van der Waals surface area contributed by atoms with Crippen LogP contribution in [0.5, 0.6) is 0 Å². The minimum atomic E-state index is 0.0211. The molecule has 2 atom stereocenters. The maximum absolute atomic E-state index is 2.51. The van der Waals surface area contributed by atoms with Crippen molar-refractivity contribution in [3.05, 3.63) is 90.5 Å². The van der Waals surface area contributed by atoms with Crippen molar-refractivity contribution in [2.75, 3.05) is 0 Å². The Hall–Kier alpha value is -2.35. The first-order valence-electron chi connectivity index (χ1n) is 14.3. The molecule has 0 spiro atoms. The van der Waals surface area contributed by atoms with Crippen molar-refractivity contribution in [2.24, 2.45) is 0 Å². The van der Waals surface area contributed by atoms with Gasteiger partial charge in [0.1, 0.15) is 18.4 Å². The second kappa shape index (κ2) is 14.9. The van der Waals surface area contributed by atoms with Gasteiger partial charge in [-0.05, 0) is 36.8 Å². The molecule has 0 aliphatic rings. The van der Waals surface area contributed by atoms with Gasteiger partial charge in [0.2, 0.25) is 6.33 Å². The van der Waals surface area contributed by atoms with Gasteiger partial charge in [0.15, 0.2) is 0 Å². The normalized spacial score (nSPS) is 14.0. The Labute approximate surface area is 215 Å². The Morgan fingerprint density at radius 3 is 1.97 bits per heavy atom. The van der Waals surface area contributed by atoms with E-state index in [1.165, 1.54) is 81.8 Å². The highest BCUT2D eigenvalue weighted by atomic mass is 15.1. The summed E-state index contributed by atoms with van der Waals surface area (Å²) in [6, 6.07) is 22.6. The van der Waals surface area contributed by atoms with E-state index in [4.69, 9.17) is 0 Å². The molecule has 0 bridgehead atoms. The summed E-state index contributed by atoms with van der Waals surface area (Å²) < 4.78 is 4.92. The highest BCUT2D eigenvalue weighted by Crippen LogP contribution is 2.41. The van der Waals surface area contributed by atoms with Crippen LogP contribution in [0.3, 0.4) is 0 Å². The second-order valence-electron chi connectivity index (χ2n) is 10.7. The molecule has 0 saturated heterocycles. The molecule has 0 saturated carbocycles. The molecule has 190 valence electrons. The topological polar surface area (TPSA) is 8.81 Å². The lowest BCUT2D eigenvalue weighted by Crippen LogP contribution is -2.37. The molecule has 1 aromatic heterocycles. The van der Waals surface area contributed by atoms with E-state index in [0.717, 1.165) is 13.0 Å². The van der Waals surface area contributed by atoms with E-state index >= 15 is 0 Å². The van der Waals surface area contributed by atoms with E-state index in [0.29, 0.717) is 6.04 Å². The third-order valence-corrected chi connectivity index (χ3v) is 7.74. The molecule has 2 unspecified atom stereocenters. The zero-order chi connectivity index (χ0) is 24.8. The monoisotopic (exact) mass is 473 g/mol. The fourth-order valence-corrected chi connectivity index (χ4v) is 5.65. The lowest BCUT2D eigenvalue weighted by Gasteiger charge is -2.36. The van der Waals surface area contributed by atoms with Crippen molar-refractivity contribution in [1.82, 2.24) is 4.57 Å². The summed E-state index contributed by atoms with van der Waals surface area (Å²) in [5, 5.41) is 0. The van der Waals surface area contributed by atoms with Gasteiger partial charge in [-0.3, -0.25) is 0 Å². The zero-order valence-electron chi connectivity index (χ0n) is 22.7. The number of imidazole rings is 1. The van der Waals surface area contributed by atoms with Crippen LogP contribution < -0.4 is 4.57 Å². The quantitative estimate of drug-likeness (QED) is 0.137. The van der Waals surface area contributed by atoms with Crippen molar-refractivity contribution in [3.63, 3.8) is 0 Å². The van der Waals surface area contributed by atoms with Crippen molar-refractivity contribution < 1.29 is 4.57 Å². The average Bonchev–Trinajstić information content (AvgIpc) is 3.35. The summed E-state index contributed by atoms with van der Waals surface area (Å²) in [5.41, 5.74) is 2.86. The van der Waals surface area contributed by atoms with Crippen LogP contribution >= 0.6 is 0 Å². The molecule has 2 aromatic carbocycles. The van der Waals surface area contributed by atoms with Gasteiger partial charge in [-0.1, -0.05) is 133 Å². The van der Waals surface area contributed by atoms with Gasteiger partial charge in [0, 0.05) is 5.41 Å². The van der Waals surface area contributed by atoms with E-state index in [2.05, 4.69) is 109 Å². The zero-order valence-corrected chi connectivity index (χ0v) is 22.7. The number of hydrogen-bond donors (Lipinski definition) is 0. The Morgan fingerprint density at radius 2 is 1.34 bits per heavy atom. The molecule has 3 aromatic rings. The minimum Gasteiger partial charge on any atom is -0.237 e. The van der Waals surface area contributed by atoms with Crippen LogP contribution in [0.25, 0.3) is 0 Å². The van der Waals surface area contributed by atoms with Crippen LogP contribution in [0.4, 0.5) is 0 Å². The summed E-state index contributed by atoms with van der Waals surface area (Å²) >= 11 is 0. The Balaban J connectivity index is 1.66. The van der Waals surface area contributed by atoms with Crippen LogP contribution in [0.2, 0.25) is 0 Å². The smallest absolute Gasteiger partial charge is 0.237 e. The first-order valence-corrected chi connectivity index (χ1v) is 14.3. The molecule has 0 radical (unpaired) electrons. The fourth-order valence-electron chi connectivity index (χ4n) is 5.65. The number of hydrogen-bond acceptors (Lipinski definition) is 0. The number of benzene rings is 2. The Kier molecular flexibility index (Phi) is 11.6. The van der Waals surface area contributed by atoms with Gasteiger partial charge >= 0.3 is 0 Å². The van der Waals surface area contributed by atoms with Crippen molar-refractivity contribution in [1.29, 1.82) is 0 Å². The predicted octanol–water partition coefficient (Wildman–Crippen LogP) is 8.85. The lowest BCUT2D eigenvalue weighted by atomic mass is 9.70. The van der Waals surface area contributed by atoms with Gasteiger partial charge in [-0.25, -0.2) is 9.13 Å². The van der Waals surface area contributed by atoms with Crippen molar-refractivity contribution >= 4 is 0 Å². The molecule has 35 heavy (non-hydrogen) atoms. The minimum absolute atomic E-state index is 0.0211. The Bertz CT molecular complexity index is 930. The third kappa shape index (κ3) is 8.37. The van der Waals surface area contributed by atoms with E-state index in [1.54, 1.807) is 0 Å². The summed E-state index contributed by atoms with van der Waals surface area (Å²) in [6.07, 6.45) is 22.8. The van der Waals surface area contributed by atoms with Gasteiger partial charge < -0.3 is 0 Å². The second-order valence-corrected chi connectivity index (χ2v) is 10.7. The number of nitrogens with zero attached hydrogens (tertiary/aromatic N) is 2. The molecule has 2 nitrogen and oxygen atoms in total. The first-order chi connectivity index (χ1) is 17.2. The van der Waals surface area contributed by atoms with Gasteiger partial charge in [0.05, 0.1) is 6.54 Å².